The molecule has 6 nitrogen and oxygen atoms in total. The Morgan fingerprint density at radius 2 is 1.79 bits per heavy atom. The maximum absolute atomic E-state index is 13.2. The molecule has 0 aliphatic carbocycles. The molecule has 0 unspecified atom stereocenters. The lowest BCUT2D eigenvalue weighted by molar-refractivity contribution is 0.102. The number of hydrogen-bond acceptors (Lipinski definition) is 4. The van der Waals surface area contributed by atoms with Crippen LogP contribution in [0.15, 0.2) is 41.3 Å². The van der Waals surface area contributed by atoms with E-state index in [-0.39, 0.29) is 26.9 Å². The highest BCUT2D eigenvalue weighted by molar-refractivity contribution is 7.89. The highest BCUT2D eigenvalue weighted by Gasteiger charge is 2.27. The van der Waals surface area contributed by atoms with Crippen molar-refractivity contribution in [3.63, 3.8) is 0 Å². The van der Waals surface area contributed by atoms with Gasteiger partial charge in [0.25, 0.3) is 5.91 Å². The van der Waals surface area contributed by atoms with Crippen molar-refractivity contribution < 1.29 is 22.3 Å². The topological polar surface area (TPSA) is 75.7 Å². The van der Waals surface area contributed by atoms with Crippen LogP contribution in [0.1, 0.15) is 36.0 Å². The van der Waals surface area contributed by atoms with Crippen molar-refractivity contribution >= 4 is 33.2 Å². The zero-order valence-electron chi connectivity index (χ0n) is 16.0. The molecule has 2 aromatic rings. The second-order valence-corrected chi connectivity index (χ2v) is 9.10. The molecular weight excluding hydrogens is 419 g/mol. The monoisotopic (exact) mass is 440 g/mol. The molecule has 1 heterocycles. The van der Waals surface area contributed by atoms with Gasteiger partial charge in [-0.3, -0.25) is 4.79 Å². The number of anilines is 1. The van der Waals surface area contributed by atoms with Crippen molar-refractivity contribution in [2.45, 2.75) is 30.6 Å². The fraction of sp³-hybridized carbons (Fsp3) is 0.350. The van der Waals surface area contributed by atoms with E-state index in [4.69, 9.17) is 16.3 Å². The number of methoxy groups -OCH3 is 1. The van der Waals surface area contributed by atoms with Crippen LogP contribution in [0.4, 0.5) is 10.1 Å². The van der Waals surface area contributed by atoms with Gasteiger partial charge in [-0.15, -0.1) is 0 Å². The number of rotatable bonds is 5. The molecule has 29 heavy (non-hydrogen) atoms. The molecule has 0 aromatic heterocycles. The van der Waals surface area contributed by atoms with Crippen LogP contribution >= 0.6 is 11.6 Å². The molecule has 1 aliphatic heterocycles. The predicted molar refractivity (Wildman–Crippen MR) is 110 cm³/mol. The van der Waals surface area contributed by atoms with Gasteiger partial charge in [0.2, 0.25) is 10.0 Å². The van der Waals surface area contributed by atoms with E-state index in [0.717, 1.165) is 31.7 Å². The molecule has 0 radical (unpaired) electrons. The summed E-state index contributed by atoms with van der Waals surface area (Å²) in [5, 5.41) is 2.60. The minimum atomic E-state index is -3.73. The van der Waals surface area contributed by atoms with E-state index in [9.17, 15) is 17.6 Å². The molecular formula is C20H22ClFN2O4S. The lowest BCUT2D eigenvalue weighted by Crippen LogP contribution is -2.32. The average molecular weight is 441 g/mol. The first-order valence-corrected chi connectivity index (χ1v) is 11.1. The molecule has 1 saturated heterocycles. The standard InChI is InChI=1S/C20H22ClFN2O4S/c1-28-19-9-7-15(29(26,27)24-10-4-2-3-5-11-24)13-16(19)20(25)23-18-8-6-14(22)12-17(18)21/h6-9,12-13H,2-5,10-11H2,1H3,(H,23,25). The Hall–Kier alpha value is -2.16. The summed E-state index contributed by atoms with van der Waals surface area (Å²) in [6, 6.07) is 7.76. The lowest BCUT2D eigenvalue weighted by atomic mass is 10.2. The second-order valence-electron chi connectivity index (χ2n) is 6.76. The summed E-state index contributed by atoms with van der Waals surface area (Å²) in [4.78, 5) is 12.8. The number of nitrogens with zero attached hydrogens (tertiary/aromatic N) is 1. The van der Waals surface area contributed by atoms with Crippen molar-refractivity contribution in [1.29, 1.82) is 0 Å². The van der Waals surface area contributed by atoms with Gasteiger partial charge in [-0.05, 0) is 49.2 Å². The third kappa shape index (κ3) is 4.88. The Kier molecular flexibility index (Phi) is 6.77. The number of nitrogens with one attached hydrogen (secondary N) is 1. The van der Waals surface area contributed by atoms with Gasteiger partial charge in [0.05, 0.1) is 28.3 Å². The van der Waals surface area contributed by atoms with Crippen LogP contribution in [0, 0.1) is 5.82 Å². The van der Waals surface area contributed by atoms with Crippen LogP contribution in [0.2, 0.25) is 5.02 Å². The molecule has 1 amide bonds. The largest absolute Gasteiger partial charge is 0.496 e. The summed E-state index contributed by atoms with van der Waals surface area (Å²) in [6.45, 7) is 0.919. The van der Waals surface area contributed by atoms with Gasteiger partial charge in [0, 0.05) is 13.1 Å². The van der Waals surface area contributed by atoms with E-state index < -0.39 is 21.7 Å². The number of halogens is 2. The Morgan fingerprint density at radius 1 is 1.10 bits per heavy atom. The number of sulfonamides is 1. The van der Waals surface area contributed by atoms with E-state index in [1.807, 2.05) is 0 Å². The highest BCUT2D eigenvalue weighted by Crippen LogP contribution is 2.28. The van der Waals surface area contributed by atoms with Gasteiger partial charge >= 0.3 is 0 Å². The van der Waals surface area contributed by atoms with Gasteiger partial charge in [0.15, 0.2) is 0 Å². The Labute approximate surface area is 174 Å². The zero-order chi connectivity index (χ0) is 21.0. The maximum Gasteiger partial charge on any atom is 0.259 e. The maximum atomic E-state index is 13.2. The van der Waals surface area contributed by atoms with Gasteiger partial charge in [0.1, 0.15) is 11.6 Å². The van der Waals surface area contributed by atoms with Crippen LogP contribution in [-0.4, -0.2) is 38.8 Å². The highest BCUT2D eigenvalue weighted by atomic mass is 35.5. The average Bonchev–Trinajstić information content (AvgIpc) is 2.99. The van der Waals surface area contributed by atoms with E-state index >= 15 is 0 Å². The Morgan fingerprint density at radius 3 is 2.41 bits per heavy atom. The molecule has 156 valence electrons. The van der Waals surface area contributed by atoms with Gasteiger partial charge in [-0.1, -0.05) is 24.4 Å². The Bertz CT molecular complexity index is 1010. The molecule has 1 fully saturated rings. The van der Waals surface area contributed by atoms with Gasteiger partial charge < -0.3 is 10.1 Å². The van der Waals surface area contributed by atoms with Crippen LogP contribution in [-0.2, 0) is 10.0 Å². The minimum Gasteiger partial charge on any atom is -0.496 e. The first-order valence-electron chi connectivity index (χ1n) is 9.27. The third-order valence-corrected chi connectivity index (χ3v) is 7.01. The van der Waals surface area contributed by atoms with E-state index in [2.05, 4.69) is 5.32 Å². The van der Waals surface area contributed by atoms with Crippen LogP contribution in [0.3, 0.4) is 0 Å². The zero-order valence-corrected chi connectivity index (χ0v) is 17.5. The first-order chi connectivity index (χ1) is 13.8. The van der Waals surface area contributed by atoms with Crippen LogP contribution in [0.25, 0.3) is 0 Å². The quantitative estimate of drug-likeness (QED) is 0.751. The molecule has 3 rings (SSSR count). The Balaban J connectivity index is 1.93. The summed E-state index contributed by atoms with van der Waals surface area (Å²) in [7, 11) is -2.34. The van der Waals surface area contributed by atoms with Crippen molar-refractivity contribution in [3.05, 3.63) is 52.8 Å². The van der Waals surface area contributed by atoms with Crippen molar-refractivity contribution in [3.8, 4) is 5.75 Å². The smallest absolute Gasteiger partial charge is 0.259 e. The normalized spacial score (nSPS) is 15.6. The summed E-state index contributed by atoms with van der Waals surface area (Å²) in [5.74, 6) is -0.921. The minimum absolute atomic E-state index is 0.0237. The molecule has 2 aromatic carbocycles. The fourth-order valence-electron chi connectivity index (χ4n) is 3.24. The van der Waals surface area contributed by atoms with Crippen molar-refractivity contribution in [2.24, 2.45) is 0 Å². The van der Waals surface area contributed by atoms with Crippen molar-refractivity contribution in [1.82, 2.24) is 4.31 Å². The van der Waals surface area contributed by atoms with Gasteiger partial charge in [-0.25, -0.2) is 12.8 Å². The molecule has 9 heteroatoms. The molecule has 0 saturated carbocycles. The number of ether oxygens (including phenoxy) is 1. The fourth-order valence-corrected chi connectivity index (χ4v) is 4.99. The van der Waals surface area contributed by atoms with Gasteiger partial charge in [-0.2, -0.15) is 4.31 Å². The molecule has 1 N–H and O–H groups in total. The van der Waals surface area contributed by atoms with E-state index in [1.165, 1.54) is 41.7 Å². The summed E-state index contributed by atoms with van der Waals surface area (Å²) in [5.41, 5.74) is 0.254. The summed E-state index contributed by atoms with van der Waals surface area (Å²) < 4.78 is 46.0. The van der Waals surface area contributed by atoms with E-state index in [1.54, 1.807) is 0 Å². The first kappa shape index (κ1) is 21.5. The van der Waals surface area contributed by atoms with Crippen molar-refractivity contribution in [2.75, 3.05) is 25.5 Å². The second kappa shape index (κ2) is 9.11. The third-order valence-electron chi connectivity index (χ3n) is 4.80. The molecule has 1 aliphatic rings. The molecule has 0 atom stereocenters. The number of benzene rings is 2. The number of hydrogen-bond donors (Lipinski definition) is 1. The van der Waals surface area contributed by atoms with Crippen LogP contribution < -0.4 is 10.1 Å². The molecule has 0 spiro atoms. The molecule has 0 bridgehead atoms. The number of amides is 1. The summed E-state index contributed by atoms with van der Waals surface area (Å²) >= 11 is 5.97. The van der Waals surface area contributed by atoms with E-state index in [0.29, 0.717) is 13.1 Å². The number of carbonyl (C=O) groups excluding carboxylic acids is 1. The number of carbonyl (C=O) groups is 1. The SMILES string of the molecule is COc1ccc(S(=O)(=O)N2CCCCCC2)cc1C(=O)Nc1ccc(F)cc1Cl. The van der Waals surface area contributed by atoms with Crippen LogP contribution in [0.5, 0.6) is 5.75 Å². The predicted octanol–water partition coefficient (Wildman–Crippen LogP) is 4.30. The summed E-state index contributed by atoms with van der Waals surface area (Å²) in [6.07, 6.45) is 3.62. The lowest BCUT2D eigenvalue weighted by Gasteiger charge is -2.20.